The average molecular weight is 362 g/mol. The largest absolute Gasteiger partial charge is 0.467 e. The summed E-state index contributed by atoms with van der Waals surface area (Å²) in [4.78, 5) is 32.1. The molecule has 9 nitrogen and oxygen atoms in total. The van der Waals surface area contributed by atoms with E-state index < -0.39 is 10.0 Å². The van der Waals surface area contributed by atoms with Crippen LogP contribution in [0.15, 0.2) is 41.6 Å². The topological polar surface area (TPSA) is 119 Å². The molecule has 0 atom stereocenters. The minimum absolute atomic E-state index is 0.0221. The number of hydrogen-bond donors (Lipinski definition) is 1. The van der Waals surface area contributed by atoms with Gasteiger partial charge < -0.3 is 4.74 Å². The van der Waals surface area contributed by atoms with Crippen molar-refractivity contribution in [3.8, 4) is 6.01 Å². The normalized spacial score (nSPS) is 14.7. The first-order chi connectivity index (χ1) is 11.9. The van der Waals surface area contributed by atoms with Crippen LogP contribution in [0.2, 0.25) is 0 Å². The average Bonchev–Trinajstić information content (AvgIpc) is 2.94. The number of aromatic nitrogens is 2. The number of ether oxygens (including phenoxy) is 1. The Labute approximate surface area is 143 Å². The number of nitrogens with zero attached hydrogens (tertiary/aromatic N) is 3. The van der Waals surface area contributed by atoms with Crippen LogP contribution in [0.1, 0.15) is 12.8 Å². The summed E-state index contributed by atoms with van der Waals surface area (Å²) in [6, 6.07) is 5.59. The van der Waals surface area contributed by atoms with Crippen molar-refractivity contribution in [2.45, 2.75) is 17.7 Å². The zero-order valence-electron chi connectivity index (χ0n) is 13.2. The highest BCUT2D eigenvalue weighted by Gasteiger charge is 2.30. The Bertz CT molecular complexity index is 894. The van der Waals surface area contributed by atoms with Gasteiger partial charge in [-0.1, -0.05) is 0 Å². The summed E-state index contributed by atoms with van der Waals surface area (Å²) >= 11 is 0. The first-order valence-corrected chi connectivity index (χ1v) is 8.74. The Hall–Kier alpha value is -3.01. The van der Waals surface area contributed by atoms with Crippen molar-refractivity contribution in [1.82, 2.24) is 9.97 Å². The molecule has 0 unspecified atom stereocenters. The molecule has 1 aliphatic heterocycles. The number of anilines is 2. The van der Waals surface area contributed by atoms with Crippen LogP contribution in [-0.2, 0) is 19.6 Å². The zero-order chi connectivity index (χ0) is 18.0. The number of imide groups is 1. The SMILES string of the molecule is COc1ncc(NS(=O)(=O)c2ccc(N3C(=O)CCC3=O)cc2)cn1. The van der Waals surface area contributed by atoms with E-state index in [9.17, 15) is 18.0 Å². The fourth-order valence-corrected chi connectivity index (χ4v) is 3.36. The Morgan fingerprint density at radius 2 is 1.60 bits per heavy atom. The molecule has 0 radical (unpaired) electrons. The molecule has 3 rings (SSSR count). The zero-order valence-corrected chi connectivity index (χ0v) is 14.0. The molecule has 1 aliphatic rings. The molecule has 130 valence electrons. The molecule has 0 aliphatic carbocycles. The van der Waals surface area contributed by atoms with Gasteiger partial charge in [0.1, 0.15) is 0 Å². The van der Waals surface area contributed by atoms with Crippen molar-refractivity contribution in [3.63, 3.8) is 0 Å². The van der Waals surface area contributed by atoms with Crippen LogP contribution in [0.25, 0.3) is 0 Å². The van der Waals surface area contributed by atoms with Crippen LogP contribution < -0.4 is 14.4 Å². The number of carbonyl (C=O) groups is 2. The van der Waals surface area contributed by atoms with Gasteiger partial charge in [0.15, 0.2) is 0 Å². The number of rotatable bonds is 5. The predicted molar refractivity (Wildman–Crippen MR) is 87.6 cm³/mol. The Morgan fingerprint density at radius 1 is 1.04 bits per heavy atom. The highest BCUT2D eigenvalue weighted by molar-refractivity contribution is 7.92. The summed E-state index contributed by atoms with van der Waals surface area (Å²) in [6.07, 6.45) is 2.88. The molecule has 1 saturated heterocycles. The van der Waals surface area contributed by atoms with E-state index in [0.29, 0.717) is 5.69 Å². The van der Waals surface area contributed by atoms with Gasteiger partial charge in [0, 0.05) is 12.8 Å². The van der Waals surface area contributed by atoms with Gasteiger partial charge in [-0.25, -0.2) is 18.4 Å². The summed E-state index contributed by atoms with van der Waals surface area (Å²) in [7, 11) is -2.46. The van der Waals surface area contributed by atoms with Crippen LogP contribution in [-0.4, -0.2) is 37.3 Å². The van der Waals surface area contributed by atoms with Gasteiger partial charge in [-0.15, -0.1) is 0 Å². The fourth-order valence-electron chi connectivity index (χ4n) is 2.33. The van der Waals surface area contributed by atoms with Gasteiger partial charge in [-0.2, -0.15) is 0 Å². The third-order valence-electron chi connectivity index (χ3n) is 3.52. The third-order valence-corrected chi connectivity index (χ3v) is 4.92. The number of nitrogens with one attached hydrogen (secondary N) is 1. The summed E-state index contributed by atoms with van der Waals surface area (Å²) in [6.45, 7) is 0. The summed E-state index contributed by atoms with van der Waals surface area (Å²) in [5.41, 5.74) is 0.522. The molecule has 1 aromatic heterocycles. The van der Waals surface area contributed by atoms with E-state index in [1.165, 1.54) is 43.8 Å². The van der Waals surface area contributed by atoms with Crippen molar-refractivity contribution >= 4 is 33.2 Å². The maximum atomic E-state index is 12.4. The lowest BCUT2D eigenvalue weighted by Crippen LogP contribution is -2.28. The first kappa shape index (κ1) is 16.8. The van der Waals surface area contributed by atoms with Gasteiger partial charge in [0.2, 0.25) is 11.8 Å². The Balaban J connectivity index is 1.80. The monoisotopic (exact) mass is 362 g/mol. The lowest BCUT2D eigenvalue weighted by molar-refractivity contribution is -0.121. The summed E-state index contributed by atoms with van der Waals surface area (Å²) in [5, 5.41) is 0. The molecule has 2 heterocycles. The van der Waals surface area contributed by atoms with Gasteiger partial charge >= 0.3 is 6.01 Å². The third kappa shape index (κ3) is 3.43. The smallest absolute Gasteiger partial charge is 0.316 e. The minimum atomic E-state index is -3.86. The number of benzene rings is 1. The highest BCUT2D eigenvalue weighted by atomic mass is 32.2. The molecule has 1 N–H and O–H groups in total. The lowest BCUT2D eigenvalue weighted by Gasteiger charge is -2.14. The molecule has 0 saturated carbocycles. The molecule has 2 aromatic rings. The quantitative estimate of drug-likeness (QED) is 0.786. The van der Waals surface area contributed by atoms with E-state index in [4.69, 9.17) is 4.74 Å². The second-order valence-electron chi connectivity index (χ2n) is 5.18. The summed E-state index contributed by atoms with van der Waals surface area (Å²) in [5.74, 6) is -0.594. The molecule has 0 spiro atoms. The van der Waals surface area contributed by atoms with Crippen LogP contribution in [0.3, 0.4) is 0 Å². The second-order valence-corrected chi connectivity index (χ2v) is 6.86. The molecular formula is C15H14N4O5S. The molecule has 10 heteroatoms. The van der Waals surface area contributed by atoms with Crippen LogP contribution in [0, 0.1) is 0 Å². The van der Waals surface area contributed by atoms with Gasteiger partial charge in [-0.05, 0) is 24.3 Å². The van der Waals surface area contributed by atoms with Crippen molar-refractivity contribution in [2.75, 3.05) is 16.7 Å². The van der Waals surface area contributed by atoms with E-state index in [-0.39, 0.29) is 41.2 Å². The minimum Gasteiger partial charge on any atom is -0.467 e. The summed E-state index contributed by atoms with van der Waals surface area (Å²) < 4.78 is 31.9. The number of hydrogen-bond acceptors (Lipinski definition) is 7. The number of amides is 2. The van der Waals surface area contributed by atoms with Crippen LogP contribution >= 0.6 is 0 Å². The molecule has 25 heavy (non-hydrogen) atoms. The standard InChI is InChI=1S/C15H14N4O5S/c1-24-15-16-8-10(9-17-15)18-25(22,23)12-4-2-11(3-5-12)19-13(20)6-7-14(19)21/h2-5,8-9,18H,6-7H2,1H3. The van der Waals surface area contributed by atoms with Crippen molar-refractivity contribution in [3.05, 3.63) is 36.7 Å². The maximum Gasteiger partial charge on any atom is 0.316 e. The first-order valence-electron chi connectivity index (χ1n) is 7.25. The molecular weight excluding hydrogens is 348 g/mol. The van der Waals surface area contributed by atoms with Gasteiger partial charge in [0.05, 0.1) is 35.8 Å². The van der Waals surface area contributed by atoms with Crippen LogP contribution in [0.4, 0.5) is 11.4 Å². The van der Waals surface area contributed by atoms with Crippen molar-refractivity contribution < 1.29 is 22.7 Å². The van der Waals surface area contributed by atoms with Gasteiger partial charge in [0.25, 0.3) is 10.0 Å². The molecule has 0 bridgehead atoms. The van der Waals surface area contributed by atoms with Crippen molar-refractivity contribution in [1.29, 1.82) is 0 Å². The number of carbonyl (C=O) groups excluding carboxylic acids is 2. The second kappa shape index (κ2) is 6.48. The van der Waals surface area contributed by atoms with E-state index in [1.807, 2.05) is 0 Å². The van der Waals surface area contributed by atoms with Crippen LogP contribution in [0.5, 0.6) is 6.01 Å². The Kier molecular flexibility index (Phi) is 4.36. The molecule has 1 aromatic carbocycles. The molecule has 2 amide bonds. The van der Waals surface area contributed by atoms with E-state index >= 15 is 0 Å². The Morgan fingerprint density at radius 3 is 2.12 bits per heavy atom. The van der Waals surface area contributed by atoms with E-state index in [2.05, 4.69) is 14.7 Å². The maximum absolute atomic E-state index is 12.4. The number of sulfonamides is 1. The number of methoxy groups -OCH3 is 1. The van der Waals surface area contributed by atoms with E-state index in [0.717, 1.165) is 4.90 Å². The molecule has 1 fully saturated rings. The van der Waals surface area contributed by atoms with Crippen molar-refractivity contribution in [2.24, 2.45) is 0 Å². The highest BCUT2D eigenvalue weighted by Crippen LogP contribution is 2.24. The predicted octanol–water partition coefficient (Wildman–Crippen LogP) is 0.939. The van der Waals surface area contributed by atoms with E-state index in [1.54, 1.807) is 0 Å². The van der Waals surface area contributed by atoms with Gasteiger partial charge in [-0.3, -0.25) is 19.2 Å². The fraction of sp³-hybridized carbons (Fsp3) is 0.200. The lowest BCUT2D eigenvalue weighted by atomic mass is 10.3.